The van der Waals surface area contributed by atoms with E-state index in [4.69, 9.17) is 9.47 Å². The minimum absolute atomic E-state index is 0.0441. The first kappa shape index (κ1) is 8.73. The maximum Gasteiger partial charge on any atom is 0.162 e. The molecule has 1 heterocycles. The Labute approximate surface area is 78.5 Å². The standard InChI is InChI=1S/C11H14O2/c1-9-8-12-11(13-9)7-10-5-3-2-4-6-10/h2-6,9,11H,7-8H2,1H3. The van der Waals surface area contributed by atoms with Crippen LogP contribution in [0.2, 0.25) is 0 Å². The van der Waals surface area contributed by atoms with Crippen molar-refractivity contribution in [1.82, 2.24) is 0 Å². The normalized spacial score (nSPS) is 27.8. The third kappa shape index (κ3) is 2.29. The zero-order valence-electron chi connectivity index (χ0n) is 7.77. The van der Waals surface area contributed by atoms with E-state index < -0.39 is 0 Å². The molecule has 1 aliphatic rings. The largest absolute Gasteiger partial charge is 0.350 e. The number of benzene rings is 1. The second kappa shape index (κ2) is 3.90. The fourth-order valence-corrected chi connectivity index (χ4v) is 1.49. The summed E-state index contributed by atoms with van der Waals surface area (Å²) in [5.74, 6) is 0. The molecule has 70 valence electrons. The van der Waals surface area contributed by atoms with Gasteiger partial charge in [0.2, 0.25) is 0 Å². The van der Waals surface area contributed by atoms with Crippen molar-refractivity contribution in [3.05, 3.63) is 35.9 Å². The number of hydrogen-bond acceptors (Lipinski definition) is 2. The lowest BCUT2D eigenvalue weighted by Gasteiger charge is -2.09. The smallest absolute Gasteiger partial charge is 0.162 e. The Bertz CT molecular complexity index is 258. The summed E-state index contributed by atoms with van der Waals surface area (Å²) in [6.07, 6.45) is 1.05. The number of hydrogen-bond donors (Lipinski definition) is 0. The van der Waals surface area contributed by atoms with E-state index in [1.165, 1.54) is 5.56 Å². The van der Waals surface area contributed by atoms with Gasteiger partial charge in [-0.15, -0.1) is 0 Å². The lowest BCUT2D eigenvalue weighted by molar-refractivity contribution is -0.0528. The van der Waals surface area contributed by atoms with E-state index >= 15 is 0 Å². The molecular formula is C11H14O2. The van der Waals surface area contributed by atoms with Crippen molar-refractivity contribution >= 4 is 0 Å². The molecule has 1 fully saturated rings. The molecule has 1 aromatic rings. The topological polar surface area (TPSA) is 18.5 Å². The third-order valence-electron chi connectivity index (χ3n) is 2.15. The van der Waals surface area contributed by atoms with Crippen molar-refractivity contribution in [1.29, 1.82) is 0 Å². The number of ether oxygens (including phenoxy) is 2. The Balaban J connectivity index is 1.92. The summed E-state index contributed by atoms with van der Waals surface area (Å²) in [7, 11) is 0. The first-order valence-electron chi connectivity index (χ1n) is 4.65. The fraction of sp³-hybridized carbons (Fsp3) is 0.455. The van der Waals surface area contributed by atoms with Gasteiger partial charge in [-0.2, -0.15) is 0 Å². The second-order valence-electron chi connectivity index (χ2n) is 3.40. The molecule has 1 aliphatic heterocycles. The van der Waals surface area contributed by atoms with Gasteiger partial charge >= 0.3 is 0 Å². The summed E-state index contributed by atoms with van der Waals surface area (Å²) < 4.78 is 11.0. The molecule has 0 aliphatic carbocycles. The van der Waals surface area contributed by atoms with Crippen molar-refractivity contribution in [3.63, 3.8) is 0 Å². The molecule has 1 saturated heterocycles. The van der Waals surface area contributed by atoms with Crippen LogP contribution in [0, 0.1) is 0 Å². The highest BCUT2D eigenvalue weighted by molar-refractivity contribution is 5.15. The molecule has 0 saturated carbocycles. The van der Waals surface area contributed by atoms with Crippen LogP contribution in [0.1, 0.15) is 12.5 Å². The lowest BCUT2D eigenvalue weighted by atomic mass is 10.1. The second-order valence-corrected chi connectivity index (χ2v) is 3.40. The molecule has 2 nitrogen and oxygen atoms in total. The van der Waals surface area contributed by atoms with E-state index in [0.29, 0.717) is 0 Å². The van der Waals surface area contributed by atoms with E-state index in [1.807, 2.05) is 25.1 Å². The van der Waals surface area contributed by atoms with Crippen LogP contribution in [-0.2, 0) is 15.9 Å². The first-order chi connectivity index (χ1) is 6.34. The summed E-state index contributed by atoms with van der Waals surface area (Å²) in [6, 6.07) is 10.3. The molecule has 13 heavy (non-hydrogen) atoms. The zero-order chi connectivity index (χ0) is 9.10. The van der Waals surface area contributed by atoms with E-state index in [9.17, 15) is 0 Å². The molecule has 2 atom stereocenters. The van der Waals surface area contributed by atoms with Gasteiger partial charge in [0.25, 0.3) is 0 Å². The van der Waals surface area contributed by atoms with Crippen molar-refractivity contribution in [2.24, 2.45) is 0 Å². The predicted molar refractivity (Wildman–Crippen MR) is 50.4 cm³/mol. The molecule has 2 unspecified atom stereocenters. The Hall–Kier alpha value is -0.860. The molecule has 2 rings (SSSR count). The summed E-state index contributed by atoms with van der Waals surface area (Å²) in [5.41, 5.74) is 1.27. The minimum atomic E-state index is -0.0441. The van der Waals surface area contributed by atoms with Crippen molar-refractivity contribution in [2.45, 2.75) is 25.7 Å². The van der Waals surface area contributed by atoms with Crippen LogP contribution < -0.4 is 0 Å². The summed E-state index contributed by atoms with van der Waals surface area (Å²) in [4.78, 5) is 0. The minimum Gasteiger partial charge on any atom is -0.350 e. The summed E-state index contributed by atoms with van der Waals surface area (Å²) in [6.45, 7) is 2.75. The maximum atomic E-state index is 5.54. The first-order valence-corrected chi connectivity index (χ1v) is 4.65. The van der Waals surface area contributed by atoms with Gasteiger partial charge in [-0.3, -0.25) is 0 Å². The average molecular weight is 178 g/mol. The van der Waals surface area contributed by atoms with Gasteiger partial charge in [0.05, 0.1) is 12.7 Å². The van der Waals surface area contributed by atoms with Gasteiger partial charge in [-0.25, -0.2) is 0 Å². The Morgan fingerprint density at radius 3 is 2.69 bits per heavy atom. The zero-order valence-corrected chi connectivity index (χ0v) is 7.77. The van der Waals surface area contributed by atoms with Crippen molar-refractivity contribution in [2.75, 3.05) is 6.61 Å². The molecular weight excluding hydrogens is 164 g/mol. The van der Waals surface area contributed by atoms with Gasteiger partial charge < -0.3 is 9.47 Å². The Morgan fingerprint density at radius 2 is 2.08 bits per heavy atom. The van der Waals surface area contributed by atoms with Crippen LogP contribution in [0.5, 0.6) is 0 Å². The predicted octanol–water partition coefficient (Wildman–Crippen LogP) is 1.99. The van der Waals surface area contributed by atoms with Crippen LogP contribution in [0.15, 0.2) is 30.3 Å². The van der Waals surface area contributed by atoms with Gasteiger partial charge in [0.15, 0.2) is 6.29 Å². The van der Waals surface area contributed by atoms with E-state index in [2.05, 4.69) is 12.1 Å². The molecule has 2 heteroatoms. The van der Waals surface area contributed by atoms with Crippen LogP contribution >= 0.6 is 0 Å². The highest BCUT2D eigenvalue weighted by Crippen LogP contribution is 2.15. The van der Waals surface area contributed by atoms with Crippen molar-refractivity contribution in [3.8, 4) is 0 Å². The average Bonchev–Trinajstić information content (AvgIpc) is 2.53. The highest BCUT2D eigenvalue weighted by atomic mass is 16.7. The van der Waals surface area contributed by atoms with Crippen LogP contribution in [-0.4, -0.2) is 19.0 Å². The molecule has 0 N–H and O–H groups in total. The summed E-state index contributed by atoms with van der Waals surface area (Å²) in [5, 5.41) is 0. The Morgan fingerprint density at radius 1 is 1.31 bits per heavy atom. The van der Waals surface area contributed by atoms with Crippen molar-refractivity contribution < 1.29 is 9.47 Å². The molecule has 0 radical (unpaired) electrons. The molecule has 0 spiro atoms. The molecule has 1 aromatic carbocycles. The van der Waals surface area contributed by atoms with Crippen LogP contribution in [0.4, 0.5) is 0 Å². The van der Waals surface area contributed by atoms with E-state index in [0.717, 1.165) is 13.0 Å². The fourth-order valence-electron chi connectivity index (χ4n) is 1.49. The molecule has 0 aromatic heterocycles. The maximum absolute atomic E-state index is 5.54. The SMILES string of the molecule is CC1COC(Cc2ccccc2)O1. The van der Waals surface area contributed by atoms with Gasteiger partial charge in [0.1, 0.15) is 0 Å². The van der Waals surface area contributed by atoms with E-state index in [-0.39, 0.29) is 12.4 Å². The lowest BCUT2D eigenvalue weighted by Crippen LogP contribution is -2.12. The molecule has 0 amide bonds. The van der Waals surface area contributed by atoms with Gasteiger partial charge in [-0.1, -0.05) is 30.3 Å². The van der Waals surface area contributed by atoms with Crippen LogP contribution in [0.3, 0.4) is 0 Å². The highest BCUT2D eigenvalue weighted by Gasteiger charge is 2.22. The molecule has 0 bridgehead atoms. The monoisotopic (exact) mass is 178 g/mol. The summed E-state index contributed by atoms with van der Waals surface area (Å²) >= 11 is 0. The van der Waals surface area contributed by atoms with Crippen LogP contribution in [0.25, 0.3) is 0 Å². The number of rotatable bonds is 2. The quantitative estimate of drug-likeness (QED) is 0.689. The van der Waals surface area contributed by atoms with Gasteiger partial charge in [0, 0.05) is 6.42 Å². The van der Waals surface area contributed by atoms with Gasteiger partial charge in [-0.05, 0) is 12.5 Å². The van der Waals surface area contributed by atoms with E-state index in [1.54, 1.807) is 0 Å². The Kier molecular flexibility index (Phi) is 2.62. The third-order valence-corrected chi connectivity index (χ3v) is 2.15.